The molecule has 2 heterocycles. The molecule has 1 unspecified atom stereocenters. The van der Waals surface area contributed by atoms with Crippen LogP contribution in [0.15, 0.2) is 12.4 Å². The number of aliphatic hydroxyl groups excluding tert-OH is 1. The molecule has 1 aliphatic heterocycles. The van der Waals surface area contributed by atoms with E-state index in [0.717, 1.165) is 18.1 Å². The molecule has 0 amide bonds. The number of carbonyl (C=O) groups excluding carboxylic acids is 1. The van der Waals surface area contributed by atoms with Crippen LogP contribution in [-0.2, 0) is 9.53 Å². The van der Waals surface area contributed by atoms with Gasteiger partial charge in [-0.15, -0.1) is 0 Å². The van der Waals surface area contributed by atoms with E-state index in [1.54, 1.807) is 18.0 Å². The summed E-state index contributed by atoms with van der Waals surface area (Å²) >= 11 is 1.73. The Kier molecular flexibility index (Phi) is 6.06. The number of carbonyl (C=O) groups is 1. The smallest absolute Gasteiger partial charge is 0.311 e. The first-order chi connectivity index (χ1) is 10.2. The third kappa shape index (κ3) is 4.47. The van der Waals surface area contributed by atoms with Gasteiger partial charge in [0.25, 0.3) is 0 Å². The first kappa shape index (κ1) is 15.8. The van der Waals surface area contributed by atoms with Gasteiger partial charge >= 0.3 is 5.97 Å². The minimum Gasteiger partial charge on any atom is -0.474 e. The van der Waals surface area contributed by atoms with Gasteiger partial charge in [-0.2, -0.15) is 16.7 Å². The van der Waals surface area contributed by atoms with Gasteiger partial charge in [0.1, 0.15) is 6.61 Å². The molecule has 0 spiro atoms. The van der Waals surface area contributed by atoms with Crippen molar-refractivity contribution in [3.05, 3.63) is 12.4 Å². The molecule has 1 atom stereocenters. The van der Waals surface area contributed by atoms with Gasteiger partial charge in [0, 0.05) is 24.6 Å². The lowest BCUT2D eigenvalue weighted by atomic mass is 10.1. The van der Waals surface area contributed by atoms with Crippen molar-refractivity contribution in [3.8, 4) is 5.88 Å². The molecule has 1 fully saturated rings. The van der Waals surface area contributed by atoms with Crippen LogP contribution in [0.5, 0.6) is 5.88 Å². The van der Waals surface area contributed by atoms with Crippen LogP contribution in [0.2, 0.25) is 0 Å². The van der Waals surface area contributed by atoms with Gasteiger partial charge in [-0.25, -0.2) is 0 Å². The molecule has 0 saturated carbocycles. The third-order valence-electron chi connectivity index (χ3n) is 3.06. The van der Waals surface area contributed by atoms with E-state index in [-0.39, 0.29) is 25.1 Å². The number of rotatable bonds is 5. The van der Waals surface area contributed by atoms with Crippen LogP contribution in [0.3, 0.4) is 0 Å². The van der Waals surface area contributed by atoms with Gasteiger partial charge in [-0.05, 0) is 0 Å². The average molecular weight is 313 g/mol. The zero-order valence-electron chi connectivity index (χ0n) is 11.9. The second-order valence-corrected chi connectivity index (χ2v) is 5.68. The molecule has 0 bridgehead atoms. The number of aliphatic hydroxyl groups is 1. The van der Waals surface area contributed by atoms with Crippen LogP contribution in [0.1, 0.15) is 0 Å². The number of esters is 1. The van der Waals surface area contributed by atoms with Gasteiger partial charge in [0.15, 0.2) is 5.82 Å². The van der Waals surface area contributed by atoms with E-state index < -0.39 is 0 Å². The monoisotopic (exact) mass is 313 g/mol. The first-order valence-electron chi connectivity index (χ1n) is 6.71. The highest BCUT2D eigenvalue weighted by Crippen LogP contribution is 2.22. The summed E-state index contributed by atoms with van der Waals surface area (Å²) in [4.78, 5) is 22.2. The Bertz CT molecular complexity index is 474. The summed E-state index contributed by atoms with van der Waals surface area (Å²) in [6.45, 7) is 1.45. The molecule has 116 valence electrons. The summed E-state index contributed by atoms with van der Waals surface area (Å²) in [6, 6.07) is 0. The summed E-state index contributed by atoms with van der Waals surface area (Å²) in [5.41, 5.74) is 0. The van der Waals surface area contributed by atoms with E-state index in [4.69, 9.17) is 14.6 Å². The van der Waals surface area contributed by atoms with Gasteiger partial charge in [-0.3, -0.25) is 9.78 Å². The molecule has 1 N–H and O–H groups in total. The fourth-order valence-corrected chi connectivity index (χ4v) is 3.08. The molecule has 8 heteroatoms. The predicted molar refractivity (Wildman–Crippen MR) is 79.7 cm³/mol. The van der Waals surface area contributed by atoms with Crippen LogP contribution >= 0.6 is 11.8 Å². The number of thioether (sulfide) groups is 1. The molecule has 0 aromatic carbocycles. The standard InChI is InChI=1S/C13H19N3O4S/c1-19-13(18)10-8-16(2-5-21-9-10)11-6-14-7-12(15-11)20-4-3-17/h6-7,10,17H,2-5,8-9H2,1H3. The SMILES string of the molecule is COC(=O)C1CSCCN(c2cncc(OCCO)n2)C1. The molecule has 2 rings (SSSR count). The zero-order chi connectivity index (χ0) is 15.1. The Hall–Kier alpha value is -1.54. The van der Waals surface area contributed by atoms with E-state index in [9.17, 15) is 4.79 Å². The summed E-state index contributed by atoms with van der Waals surface area (Å²) in [5, 5.41) is 8.77. The maximum atomic E-state index is 11.8. The largest absolute Gasteiger partial charge is 0.474 e. The Morgan fingerprint density at radius 3 is 3.19 bits per heavy atom. The fourth-order valence-electron chi connectivity index (χ4n) is 2.04. The minimum atomic E-state index is -0.199. The second kappa shape index (κ2) is 8.04. The first-order valence-corrected chi connectivity index (χ1v) is 7.86. The van der Waals surface area contributed by atoms with Crippen molar-refractivity contribution in [1.29, 1.82) is 0 Å². The molecule has 1 aromatic heterocycles. The van der Waals surface area contributed by atoms with Crippen molar-refractivity contribution < 1.29 is 19.4 Å². The number of aromatic nitrogens is 2. The number of hydrogen-bond donors (Lipinski definition) is 1. The molecule has 7 nitrogen and oxygen atoms in total. The Labute approximate surface area is 127 Å². The van der Waals surface area contributed by atoms with E-state index >= 15 is 0 Å². The lowest BCUT2D eigenvalue weighted by Crippen LogP contribution is -2.34. The molecule has 0 radical (unpaired) electrons. The van der Waals surface area contributed by atoms with Crippen molar-refractivity contribution in [1.82, 2.24) is 9.97 Å². The van der Waals surface area contributed by atoms with Gasteiger partial charge in [-0.1, -0.05) is 0 Å². The van der Waals surface area contributed by atoms with E-state index in [1.165, 1.54) is 13.3 Å². The number of anilines is 1. The van der Waals surface area contributed by atoms with E-state index in [1.807, 2.05) is 4.90 Å². The van der Waals surface area contributed by atoms with E-state index in [0.29, 0.717) is 18.2 Å². The van der Waals surface area contributed by atoms with Crippen molar-refractivity contribution >= 4 is 23.5 Å². The van der Waals surface area contributed by atoms with Gasteiger partial charge in [0.2, 0.25) is 5.88 Å². The number of ether oxygens (including phenoxy) is 2. The second-order valence-electron chi connectivity index (χ2n) is 4.53. The Morgan fingerprint density at radius 2 is 2.43 bits per heavy atom. The topological polar surface area (TPSA) is 84.8 Å². The van der Waals surface area contributed by atoms with Crippen molar-refractivity contribution in [3.63, 3.8) is 0 Å². The summed E-state index contributed by atoms with van der Waals surface area (Å²) in [7, 11) is 1.41. The average Bonchev–Trinajstić information content (AvgIpc) is 2.78. The summed E-state index contributed by atoms with van der Waals surface area (Å²) in [5.74, 6) is 2.32. The maximum absolute atomic E-state index is 11.8. The number of hydrogen-bond acceptors (Lipinski definition) is 8. The maximum Gasteiger partial charge on any atom is 0.311 e. The Morgan fingerprint density at radius 1 is 1.57 bits per heavy atom. The van der Waals surface area contributed by atoms with Crippen molar-refractivity contribution in [2.75, 3.05) is 49.8 Å². The summed E-state index contributed by atoms with van der Waals surface area (Å²) in [6.07, 6.45) is 3.15. The highest BCUT2D eigenvalue weighted by Gasteiger charge is 2.26. The number of methoxy groups -OCH3 is 1. The molecule has 1 saturated heterocycles. The van der Waals surface area contributed by atoms with Gasteiger partial charge < -0.3 is 19.5 Å². The molecule has 1 aromatic rings. The van der Waals surface area contributed by atoms with Gasteiger partial charge in [0.05, 0.1) is 32.0 Å². The van der Waals surface area contributed by atoms with Crippen molar-refractivity contribution in [2.45, 2.75) is 0 Å². The van der Waals surface area contributed by atoms with Crippen LogP contribution in [0.25, 0.3) is 0 Å². The lowest BCUT2D eigenvalue weighted by Gasteiger charge is -2.23. The molecule has 1 aliphatic rings. The quantitative estimate of drug-likeness (QED) is 0.771. The van der Waals surface area contributed by atoms with E-state index in [2.05, 4.69) is 9.97 Å². The van der Waals surface area contributed by atoms with Crippen LogP contribution in [0.4, 0.5) is 5.82 Å². The molecule has 21 heavy (non-hydrogen) atoms. The summed E-state index contributed by atoms with van der Waals surface area (Å²) < 4.78 is 10.1. The van der Waals surface area contributed by atoms with Crippen LogP contribution in [-0.4, -0.2) is 66.0 Å². The highest BCUT2D eigenvalue weighted by molar-refractivity contribution is 7.99. The predicted octanol–water partition coefficient (Wildman–Crippen LogP) is 0.190. The fraction of sp³-hybridized carbons (Fsp3) is 0.615. The minimum absolute atomic E-state index is 0.0727. The normalized spacial score (nSPS) is 19.0. The molecule has 0 aliphatic carbocycles. The van der Waals surface area contributed by atoms with Crippen LogP contribution < -0.4 is 9.64 Å². The Balaban J connectivity index is 2.09. The third-order valence-corrected chi connectivity index (χ3v) is 4.17. The highest BCUT2D eigenvalue weighted by atomic mass is 32.2. The van der Waals surface area contributed by atoms with Crippen molar-refractivity contribution in [2.24, 2.45) is 5.92 Å². The van der Waals surface area contributed by atoms with Crippen LogP contribution in [0, 0.1) is 5.92 Å². The zero-order valence-corrected chi connectivity index (χ0v) is 12.7. The molecular formula is C13H19N3O4S. The lowest BCUT2D eigenvalue weighted by molar-refractivity contribution is -0.144. The number of nitrogens with zero attached hydrogens (tertiary/aromatic N) is 3. The molecular weight excluding hydrogens is 294 g/mol.